The van der Waals surface area contributed by atoms with Gasteiger partial charge in [0.1, 0.15) is 0 Å². The van der Waals surface area contributed by atoms with E-state index < -0.39 is 0 Å². The van der Waals surface area contributed by atoms with Crippen LogP contribution in [0.2, 0.25) is 10.0 Å². The Bertz CT molecular complexity index is 431. The maximum Gasteiger partial charge on any atom is 0.0640 e. The van der Waals surface area contributed by atoms with E-state index in [2.05, 4.69) is 16.7 Å². The third-order valence-corrected chi connectivity index (χ3v) is 4.78. The molecule has 1 unspecified atom stereocenters. The summed E-state index contributed by atoms with van der Waals surface area (Å²) in [5.74, 6) is 0. The second-order valence-corrected chi connectivity index (χ2v) is 6.06. The fourth-order valence-corrected chi connectivity index (χ4v) is 3.30. The van der Waals surface area contributed by atoms with Crippen molar-refractivity contribution in [3.8, 4) is 0 Å². The highest BCUT2D eigenvalue weighted by Crippen LogP contribution is 2.32. The first-order valence-electron chi connectivity index (χ1n) is 7.27. The van der Waals surface area contributed by atoms with Crippen molar-refractivity contribution in [2.75, 3.05) is 39.3 Å². The molecule has 0 saturated carbocycles. The minimum atomic E-state index is 0.157. The molecule has 0 bridgehead atoms. The minimum absolute atomic E-state index is 0.157. The largest absolute Gasteiger partial charge is 0.329 e. The van der Waals surface area contributed by atoms with Gasteiger partial charge in [-0.3, -0.25) is 4.90 Å². The van der Waals surface area contributed by atoms with Gasteiger partial charge in [-0.2, -0.15) is 0 Å². The molecule has 1 fully saturated rings. The monoisotopic (exact) mass is 315 g/mol. The van der Waals surface area contributed by atoms with E-state index in [4.69, 9.17) is 28.9 Å². The zero-order valence-corrected chi connectivity index (χ0v) is 13.5. The van der Waals surface area contributed by atoms with Crippen molar-refractivity contribution >= 4 is 23.2 Å². The molecule has 0 spiro atoms. The van der Waals surface area contributed by atoms with Crippen molar-refractivity contribution in [2.45, 2.75) is 19.4 Å². The van der Waals surface area contributed by atoms with Gasteiger partial charge in [0.05, 0.1) is 10.0 Å². The van der Waals surface area contributed by atoms with Gasteiger partial charge in [-0.15, -0.1) is 0 Å². The van der Waals surface area contributed by atoms with E-state index in [9.17, 15) is 0 Å². The Morgan fingerprint density at radius 3 is 2.50 bits per heavy atom. The Balaban J connectivity index is 2.08. The first kappa shape index (κ1) is 16.1. The molecule has 1 aromatic carbocycles. The summed E-state index contributed by atoms with van der Waals surface area (Å²) < 4.78 is 0. The van der Waals surface area contributed by atoms with Gasteiger partial charge < -0.3 is 10.6 Å². The second kappa shape index (κ2) is 7.62. The van der Waals surface area contributed by atoms with E-state index in [1.54, 1.807) is 0 Å². The summed E-state index contributed by atoms with van der Waals surface area (Å²) in [5, 5.41) is 1.24. The van der Waals surface area contributed by atoms with E-state index >= 15 is 0 Å². The van der Waals surface area contributed by atoms with Crippen LogP contribution in [0.1, 0.15) is 24.9 Å². The topological polar surface area (TPSA) is 32.5 Å². The zero-order valence-electron chi connectivity index (χ0n) is 12.0. The van der Waals surface area contributed by atoms with Crippen molar-refractivity contribution in [3.63, 3.8) is 0 Å². The lowest BCUT2D eigenvalue weighted by Crippen LogP contribution is -2.49. The van der Waals surface area contributed by atoms with Crippen LogP contribution >= 0.6 is 23.2 Å². The number of nitrogens with two attached hydrogens (primary N) is 1. The van der Waals surface area contributed by atoms with Crippen LogP contribution in [-0.2, 0) is 0 Å². The summed E-state index contributed by atoms with van der Waals surface area (Å²) in [6, 6.07) is 5.95. The molecule has 1 saturated heterocycles. The summed E-state index contributed by atoms with van der Waals surface area (Å²) in [4.78, 5) is 4.92. The van der Waals surface area contributed by atoms with Gasteiger partial charge in [-0.05, 0) is 24.6 Å². The third kappa shape index (κ3) is 3.66. The van der Waals surface area contributed by atoms with Crippen molar-refractivity contribution in [2.24, 2.45) is 5.73 Å². The van der Waals surface area contributed by atoms with Crippen LogP contribution in [0, 0.1) is 0 Å². The van der Waals surface area contributed by atoms with Crippen LogP contribution in [0.15, 0.2) is 18.2 Å². The quantitative estimate of drug-likeness (QED) is 0.906. The van der Waals surface area contributed by atoms with E-state index in [1.807, 2.05) is 18.2 Å². The van der Waals surface area contributed by atoms with E-state index in [1.165, 1.54) is 13.0 Å². The normalized spacial score (nSPS) is 19.2. The maximum absolute atomic E-state index is 6.34. The first-order valence-corrected chi connectivity index (χ1v) is 8.03. The lowest BCUT2D eigenvalue weighted by atomic mass is 10.0. The highest BCUT2D eigenvalue weighted by atomic mass is 35.5. The Morgan fingerprint density at radius 1 is 1.20 bits per heavy atom. The Morgan fingerprint density at radius 2 is 1.90 bits per heavy atom. The Hall–Kier alpha value is -0.320. The molecule has 1 aliphatic heterocycles. The molecule has 1 atom stereocenters. The van der Waals surface area contributed by atoms with Gasteiger partial charge in [-0.25, -0.2) is 0 Å². The fraction of sp³-hybridized carbons (Fsp3) is 0.600. The standard InChI is InChI=1S/C15H23Cl2N3/c1-2-6-19-7-9-20(10-8-19)14(11-18)12-4-3-5-13(16)15(12)17/h3-5,14H,2,6-11,18H2,1H3. The summed E-state index contributed by atoms with van der Waals surface area (Å²) in [6.45, 7) is 8.23. The molecule has 1 aromatic rings. The van der Waals surface area contributed by atoms with Gasteiger partial charge in [0.15, 0.2) is 0 Å². The van der Waals surface area contributed by atoms with E-state index in [0.717, 1.165) is 31.7 Å². The molecule has 2 rings (SSSR count). The number of hydrogen-bond donors (Lipinski definition) is 1. The number of piperazine rings is 1. The zero-order chi connectivity index (χ0) is 14.5. The number of rotatable bonds is 5. The maximum atomic E-state index is 6.34. The lowest BCUT2D eigenvalue weighted by Gasteiger charge is -2.39. The van der Waals surface area contributed by atoms with Gasteiger partial charge in [0.25, 0.3) is 0 Å². The van der Waals surface area contributed by atoms with Crippen molar-refractivity contribution in [3.05, 3.63) is 33.8 Å². The van der Waals surface area contributed by atoms with Crippen LogP contribution in [0.4, 0.5) is 0 Å². The first-order chi connectivity index (χ1) is 9.67. The highest BCUT2D eigenvalue weighted by molar-refractivity contribution is 6.42. The van der Waals surface area contributed by atoms with Gasteiger partial charge in [-0.1, -0.05) is 42.3 Å². The lowest BCUT2D eigenvalue weighted by molar-refractivity contribution is 0.0986. The average Bonchev–Trinajstić information content (AvgIpc) is 2.46. The molecular formula is C15H23Cl2N3. The number of halogens is 2. The molecule has 0 radical (unpaired) electrons. The van der Waals surface area contributed by atoms with Crippen molar-refractivity contribution in [1.29, 1.82) is 0 Å². The molecule has 20 heavy (non-hydrogen) atoms. The predicted molar refractivity (Wildman–Crippen MR) is 86.6 cm³/mol. The summed E-state index contributed by atoms with van der Waals surface area (Å²) in [5.41, 5.74) is 7.04. The molecule has 1 heterocycles. The number of nitrogens with zero attached hydrogens (tertiary/aromatic N) is 2. The Labute approximate surface area is 131 Å². The van der Waals surface area contributed by atoms with Gasteiger partial charge in [0, 0.05) is 38.8 Å². The molecular weight excluding hydrogens is 293 g/mol. The summed E-state index contributed by atoms with van der Waals surface area (Å²) in [6.07, 6.45) is 1.21. The minimum Gasteiger partial charge on any atom is -0.329 e. The van der Waals surface area contributed by atoms with Gasteiger partial charge >= 0.3 is 0 Å². The molecule has 0 amide bonds. The molecule has 1 aliphatic rings. The highest BCUT2D eigenvalue weighted by Gasteiger charge is 2.25. The molecule has 0 aliphatic carbocycles. The van der Waals surface area contributed by atoms with Crippen LogP contribution < -0.4 is 5.73 Å². The van der Waals surface area contributed by atoms with E-state index in [0.29, 0.717) is 16.6 Å². The third-order valence-electron chi connectivity index (χ3n) is 3.95. The SMILES string of the molecule is CCCN1CCN(C(CN)c2cccc(Cl)c2Cl)CC1. The summed E-state index contributed by atoms with van der Waals surface area (Å²) in [7, 11) is 0. The predicted octanol–water partition coefficient (Wildman–Crippen LogP) is 3.02. The summed E-state index contributed by atoms with van der Waals surface area (Å²) >= 11 is 12.5. The smallest absolute Gasteiger partial charge is 0.0640 e. The van der Waals surface area contributed by atoms with E-state index in [-0.39, 0.29) is 6.04 Å². The molecule has 2 N–H and O–H groups in total. The van der Waals surface area contributed by atoms with Gasteiger partial charge in [0.2, 0.25) is 0 Å². The second-order valence-electron chi connectivity index (χ2n) is 5.27. The van der Waals surface area contributed by atoms with Crippen LogP contribution in [0.5, 0.6) is 0 Å². The molecule has 0 aromatic heterocycles. The fourth-order valence-electron chi connectivity index (χ4n) is 2.87. The number of hydrogen-bond acceptors (Lipinski definition) is 3. The van der Waals surface area contributed by atoms with Crippen LogP contribution in [0.25, 0.3) is 0 Å². The Kier molecular flexibility index (Phi) is 6.12. The average molecular weight is 316 g/mol. The molecule has 112 valence electrons. The van der Waals surface area contributed by atoms with Crippen molar-refractivity contribution in [1.82, 2.24) is 9.80 Å². The van der Waals surface area contributed by atoms with Crippen molar-refractivity contribution < 1.29 is 0 Å². The van der Waals surface area contributed by atoms with Crippen LogP contribution in [-0.4, -0.2) is 49.1 Å². The van der Waals surface area contributed by atoms with Crippen LogP contribution in [0.3, 0.4) is 0 Å². The molecule has 3 nitrogen and oxygen atoms in total. The number of benzene rings is 1. The molecule has 5 heteroatoms.